The van der Waals surface area contributed by atoms with Crippen molar-refractivity contribution in [3.63, 3.8) is 0 Å². The standard InChI is InChI=1S/C14H20ClN3O2/c1-17(2)10-14(19)16-11-3-4-13(12(15)9-11)18-5-7-20-8-6-18/h3-4,9H,5-8,10H2,1-2H3,(H,16,19). The minimum Gasteiger partial charge on any atom is -0.378 e. The second kappa shape index (κ2) is 6.92. The van der Waals surface area contributed by atoms with Gasteiger partial charge in [-0.05, 0) is 32.3 Å². The van der Waals surface area contributed by atoms with Crippen LogP contribution in [0.3, 0.4) is 0 Å². The number of benzene rings is 1. The van der Waals surface area contributed by atoms with Crippen molar-refractivity contribution < 1.29 is 9.53 Å². The molecule has 0 aliphatic carbocycles. The highest BCUT2D eigenvalue weighted by Crippen LogP contribution is 2.29. The summed E-state index contributed by atoms with van der Waals surface area (Å²) < 4.78 is 5.33. The molecule has 1 aromatic carbocycles. The average Bonchev–Trinajstić information content (AvgIpc) is 2.38. The first-order chi connectivity index (χ1) is 9.56. The maximum atomic E-state index is 11.7. The van der Waals surface area contributed by atoms with Crippen LogP contribution >= 0.6 is 11.6 Å². The molecular weight excluding hydrogens is 278 g/mol. The van der Waals surface area contributed by atoms with Gasteiger partial charge < -0.3 is 19.9 Å². The van der Waals surface area contributed by atoms with Crippen LogP contribution in [-0.4, -0.2) is 57.8 Å². The molecule has 1 N–H and O–H groups in total. The molecule has 1 aliphatic rings. The molecule has 0 radical (unpaired) electrons. The summed E-state index contributed by atoms with van der Waals surface area (Å²) in [5.74, 6) is -0.0508. The number of carbonyl (C=O) groups is 1. The van der Waals surface area contributed by atoms with Gasteiger partial charge in [0.25, 0.3) is 0 Å². The molecule has 110 valence electrons. The van der Waals surface area contributed by atoms with E-state index in [0.29, 0.717) is 11.6 Å². The van der Waals surface area contributed by atoms with Gasteiger partial charge in [-0.3, -0.25) is 4.79 Å². The Hall–Kier alpha value is -1.30. The van der Waals surface area contributed by atoms with E-state index < -0.39 is 0 Å². The molecule has 5 nitrogen and oxygen atoms in total. The second-order valence-corrected chi connectivity index (χ2v) is 5.46. The van der Waals surface area contributed by atoms with Crippen LogP contribution in [0.4, 0.5) is 11.4 Å². The van der Waals surface area contributed by atoms with Crippen LogP contribution in [0.2, 0.25) is 5.02 Å². The van der Waals surface area contributed by atoms with Gasteiger partial charge in [-0.15, -0.1) is 0 Å². The van der Waals surface area contributed by atoms with Gasteiger partial charge >= 0.3 is 0 Å². The molecular formula is C14H20ClN3O2. The molecule has 20 heavy (non-hydrogen) atoms. The number of ether oxygens (including phenoxy) is 1. The fourth-order valence-corrected chi connectivity index (χ4v) is 2.43. The van der Waals surface area contributed by atoms with E-state index in [2.05, 4.69) is 10.2 Å². The number of nitrogens with one attached hydrogen (secondary N) is 1. The predicted molar refractivity (Wildman–Crippen MR) is 81.7 cm³/mol. The Balaban J connectivity index is 2.03. The lowest BCUT2D eigenvalue weighted by Crippen LogP contribution is -2.36. The Kier molecular flexibility index (Phi) is 5.23. The summed E-state index contributed by atoms with van der Waals surface area (Å²) in [5.41, 5.74) is 1.71. The van der Waals surface area contributed by atoms with Crippen molar-refractivity contribution in [1.29, 1.82) is 0 Å². The highest BCUT2D eigenvalue weighted by Gasteiger charge is 2.14. The first kappa shape index (κ1) is 15.1. The summed E-state index contributed by atoms with van der Waals surface area (Å²) in [4.78, 5) is 15.7. The summed E-state index contributed by atoms with van der Waals surface area (Å²) >= 11 is 6.31. The van der Waals surface area contributed by atoms with E-state index in [1.807, 2.05) is 31.1 Å². The van der Waals surface area contributed by atoms with Crippen LogP contribution in [0, 0.1) is 0 Å². The quantitative estimate of drug-likeness (QED) is 0.918. The molecule has 6 heteroatoms. The van der Waals surface area contributed by atoms with Crippen LogP contribution in [0.5, 0.6) is 0 Å². The van der Waals surface area contributed by atoms with E-state index in [4.69, 9.17) is 16.3 Å². The van der Waals surface area contributed by atoms with Crippen molar-refractivity contribution in [3.05, 3.63) is 23.2 Å². The van der Waals surface area contributed by atoms with Gasteiger partial charge in [-0.1, -0.05) is 11.6 Å². The van der Waals surface area contributed by atoms with Gasteiger partial charge in [0.2, 0.25) is 5.91 Å². The van der Waals surface area contributed by atoms with Gasteiger partial charge in [-0.2, -0.15) is 0 Å². The normalized spacial score (nSPS) is 15.5. The highest BCUT2D eigenvalue weighted by molar-refractivity contribution is 6.33. The van der Waals surface area contributed by atoms with Crippen molar-refractivity contribution in [2.45, 2.75) is 0 Å². The van der Waals surface area contributed by atoms with Gasteiger partial charge in [0, 0.05) is 18.8 Å². The topological polar surface area (TPSA) is 44.8 Å². The minimum absolute atomic E-state index is 0.0508. The molecule has 1 aliphatic heterocycles. The Morgan fingerprint density at radius 3 is 2.70 bits per heavy atom. The number of hydrogen-bond donors (Lipinski definition) is 1. The fourth-order valence-electron chi connectivity index (χ4n) is 2.13. The number of anilines is 2. The number of morpholine rings is 1. The molecule has 1 saturated heterocycles. The molecule has 0 spiro atoms. The van der Waals surface area contributed by atoms with Crippen LogP contribution in [0.25, 0.3) is 0 Å². The summed E-state index contributed by atoms with van der Waals surface area (Å²) in [7, 11) is 3.71. The molecule has 1 heterocycles. The molecule has 0 saturated carbocycles. The molecule has 1 amide bonds. The maximum absolute atomic E-state index is 11.7. The van der Waals surface area contributed by atoms with Crippen LogP contribution < -0.4 is 10.2 Å². The third kappa shape index (κ3) is 4.10. The largest absolute Gasteiger partial charge is 0.378 e. The monoisotopic (exact) mass is 297 g/mol. The predicted octanol–water partition coefficient (Wildman–Crippen LogP) is 1.68. The van der Waals surface area contributed by atoms with Crippen LogP contribution in [0.1, 0.15) is 0 Å². The lowest BCUT2D eigenvalue weighted by molar-refractivity contribution is -0.116. The molecule has 0 atom stereocenters. The maximum Gasteiger partial charge on any atom is 0.238 e. The van der Waals surface area contributed by atoms with E-state index >= 15 is 0 Å². The van der Waals surface area contributed by atoms with E-state index in [-0.39, 0.29) is 5.91 Å². The Labute approximate surface area is 124 Å². The molecule has 1 fully saturated rings. The summed E-state index contributed by atoms with van der Waals surface area (Å²) in [6.07, 6.45) is 0. The number of halogens is 1. The van der Waals surface area contributed by atoms with Crippen molar-refractivity contribution >= 4 is 28.9 Å². The molecule has 0 aromatic heterocycles. The number of likely N-dealkylation sites (N-methyl/N-ethyl adjacent to an activating group) is 1. The van der Waals surface area contributed by atoms with Crippen LogP contribution in [-0.2, 0) is 9.53 Å². The lowest BCUT2D eigenvalue weighted by atomic mass is 10.2. The molecule has 1 aromatic rings. The smallest absolute Gasteiger partial charge is 0.238 e. The van der Waals surface area contributed by atoms with Gasteiger partial charge in [0.15, 0.2) is 0 Å². The minimum atomic E-state index is -0.0508. The van der Waals surface area contributed by atoms with E-state index in [1.165, 1.54) is 0 Å². The summed E-state index contributed by atoms with van der Waals surface area (Å²) in [6, 6.07) is 5.61. The van der Waals surface area contributed by atoms with Crippen molar-refractivity contribution in [2.75, 3.05) is 57.2 Å². The van der Waals surface area contributed by atoms with Crippen molar-refractivity contribution in [1.82, 2.24) is 4.90 Å². The Morgan fingerprint density at radius 1 is 1.40 bits per heavy atom. The van der Waals surface area contributed by atoms with Gasteiger partial charge in [0.05, 0.1) is 30.5 Å². The zero-order valence-electron chi connectivity index (χ0n) is 11.9. The van der Waals surface area contributed by atoms with E-state index in [1.54, 1.807) is 6.07 Å². The summed E-state index contributed by atoms with van der Waals surface area (Å²) in [5, 5.41) is 3.48. The van der Waals surface area contributed by atoms with Gasteiger partial charge in [-0.25, -0.2) is 0 Å². The zero-order chi connectivity index (χ0) is 14.5. The first-order valence-corrected chi connectivity index (χ1v) is 7.01. The Morgan fingerprint density at radius 2 is 2.10 bits per heavy atom. The van der Waals surface area contributed by atoms with E-state index in [0.717, 1.165) is 37.7 Å². The number of carbonyl (C=O) groups excluding carboxylic acids is 1. The highest BCUT2D eigenvalue weighted by atomic mass is 35.5. The van der Waals surface area contributed by atoms with E-state index in [9.17, 15) is 4.79 Å². The third-order valence-electron chi connectivity index (χ3n) is 3.04. The Bertz CT molecular complexity index is 473. The lowest BCUT2D eigenvalue weighted by Gasteiger charge is -2.29. The number of rotatable bonds is 4. The third-order valence-corrected chi connectivity index (χ3v) is 3.35. The fraction of sp³-hybridized carbons (Fsp3) is 0.500. The van der Waals surface area contributed by atoms with Crippen molar-refractivity contribution in [3.8, 4) is 0 Å². The number of hydrogen-bond acceptors (Lipinski definition) is 4. The zero-order valence-corrected chi connectivity index (χ0v) is 12.6. The second-order valence-electron chi connectivity index (χ2n) is 5.05. The molecule has 2 rings (SSSR count). The summed E-state index contributed by atoms with van der Waals surface area (Å²) in [6.45, 7) is 3.47. The number of amides is 1. The van der Waals surface area contributed by atoms with Gasteiger partial charge in [0.1, 0.15) is 0 Å². The van der Waals surface area contributed by atoms with Crippen LogP contribution in [0.15, 0.2) is 18.2 Å². The average molecular weight is 298 g/mol. The van der Waals surface area contributed by atoms with Crippen molar-refractivity contribution in [2.24, 2.45) is 0 Å². The SMILES string of the molecule is CN(C)CC(=O)Nc1ccc(N2CCOCC2)c(Cl)c1. The molecule has 0 bridgehead atoms. The first-order valence-electron chi connectivity index (χ1n) is 6.63. The number of nitrogens with zero attached hydrogens (tertiary/aromatic N) is 2. The molecule has 0 unspecified atom stereocenters.